The van der Waals surface area contributed by atoms with Crippen LogP contribution in [0.3, 0.4) is 0 Å². The van der Waals surface area contributed by atoms with Gasteiger partial charge in [-0.25, -0.2) is 0 Å². The standard InChI is InChI=1S/C22H36N4O3/c1-17(2)19-8-5-6-9-20(19)24-22(28)18(3)26-13-11-25(12-14-26)16-21(27)23-10-7-15-29-4/h5-6,8-9,17-18H,7,10-16H2,1-4H3,(H,23,27)(H,24,28). The number of carbonyl (C=O) groups excluding carboxylic acids is 2. The summed E-state index contributed by atoms with van der Waals surface area (Å²) in [5.74, 6) is 0.416. The number of anilines is 1. The number of carbonyl (C=O) groups is 2. The molecule has 1 atom stereocenters. The van der Waals surface area contributed by atoms with Crippen LogP contribution in [-0.2, 0) is 14.3 Å². The Morgan fingerprint density at radius 1 is 1.10 bits per heavy atom. The number of rotatable bonds is 10. The van der Waals surface area contributed by atoms with Crippen LogP contribution in [0.4, 0.5) is 5.69 Å². The third-order valence-electron chi connectivity index (χ3n) is 5.39. The second kappa shape index (κ2) is 11.9. The predicted molar refractivity (Wildman–Crippen MR) is 116 cm³/mol. The number of methoxy groups -OCH3 is 1. The number of hydrogen-bond donors (Lipinski definition) is 2. The van der Waals surface area contributed by atoms with E-state index in [4.69, 9.17) is 4.74 Å². The van der Waals surface area contributed by atoms with Crippen molar-refractivity contribution in [3.8, 4) is 0 Å². The van der Waals surface area contributed by atoms with Crippen molar-refractivity contribution >= 4 is 17.5 Å². The normalized spacial score (nSPS) is 16.6. The van der Waals surface area contributed by atoms with Crippen molar-refractivity contribution in [3.63, 3.8) is 0 Å². The van der Waals surface area contributed by atoms with Crippen molar-refractivity contribution in [2.75, 3.05) is 58.3 Å². The van der Waals surface area contributed by atoms with Gasteiger partial charge in [0.1, 0.15) is 0 Å². The smallest absolute Gasteiger partial charge is 0.241 e. The lowest BCUT2D eigenvalue weighted by Gasteiger charge is -2.37. The number of para-hydroxylation sites is 1. The van der Waals surface area contributed by atoms with Crippen LogP contribution in [-0.4, -0.2) is 80.6 Å². The topological polar surface area (TPSA) is 73.9 Å². The Morgan fingerprint density at radius 3 is 2.45 bits per heavy atom. The van der Waals surface area contributed by atoms with Gasteiger partial charge in [0.05, 0.1) is 12.6 Å². The van der Waals surface area contributed by atoms with Crippen LogP contribution in [0.2, 0.25) is 0 Å². The van der Waals surface area contributed by atoms with Crippen LogP contribution in [0, 0.1) is 0 Å². The van der Waals surface area contributed by atoms with Gasteiger partial charge in [-0.1, -0.05) is 32.0 Å². The number of amides is 2. The fourth-order valence-corrected chi connectivity index (χ4v) is 3.53. The summed E-state index contributed by atoms with van der Waals surface area (Å²) in [4.78, 5) is 29.1. The molecule has 1 heterocycles. The maximum absolute atomic E-state index is 12.8. The Bertz CT molecular complexity index is 657. The van der Waals surface area contributed by atoms with E-state index in [1.807, 2.05) is 25.1 Å². The molecule has 29 heavy (non-hydrogen) atoms. The maximum Gasteiger partial charge on any atom is 0.241 e. The largest absolute Gasteiger partial charge is 0.385 e. The summed E-state index contributed by atoms with van der Waals surface area (Å²) in [5, 5.41) is 6.02. The summed E-state index contributed by atoms with van der Waals surface area (Å²) in [6.45, 7) is 11.0. The lowest BCUT2D eigenvalue weighted by Crippen LogP contribution is -2.54. The summed E-state index contributed by atoms with van der Waals surface area (Å²) < 4.78 is 4.98. The minimum Gasteiger partial charge on any atom is -0.385 e. The van der Waals surface area contributed by atoms with Gasteiger partial charge < -0.3 is 15.4 Å². The first-order valence-electron chi connectivity index (χ1n) is 10.5. The molecule has 1 aromatic rings. The molecule has 0 saturated carbocycles. The molecule has 1 unspecified atom stereocenters. The zero-order valence-corrected chi connectivity index (χ0v) is 18.2. The van der Waals surface area contributed by atoms with E-state index >= 15 is 0 Å². The molecule has 2 amide bonds. The van der Waals surface area contributed by atoms with E-state index in [0.717, 1.165) is 43.9 Å². The van der Waals surface area contributed by atoms with E-state index in [2.05, 4.69) is 40.3 Å². The number of nitrogens with zero attached hydrogens (tertiary/aromatic N) is 2. The van der Waals surface area contributed by atoms with E-state index in [-0.39, 0.29) is 17.9 Å². The van der Waals surface area contributed by atoms with Crippen LogP contribution in [0.5, 0.6) is 0 Å². The van der Waals surface area contributed by atoms with E-state index < -0.39 is 0 Å². The van der Waals surface area contributed by atoms with Gasteiger partial charge >= 0.3 is 0 Å². The third kappa shape index (κ3) is 7.42. The monoisotopic (exact) mass is 404 g/mol. The minimum atomic E-state index is -0.208. The summed E-state index contributed by atoms with van der Waals surface area (Å²) in [5.41, 5.74) is 2.04. The van der Waals surface area contributed by atoms with Crippen molar-refractivity contribution in [1.82, 2.24) is 15.1 Å². The number of hydrogen-bond acceptors (Lipinski definition) is 5. The molecule has 0 radical (unpaired) electrons. The summed E-state index contributed by atoms with van der Waals surface area (Å²) in [6.07, 6.45) is 0.822. The molecule has 0 aliphatic carbocycles. The fourth-order valence-electron chi connectivity index (χ4n) is 3.53. The Balaban J connectivity index is 1.77. The van der Waals surface area contributed by atoms with Crippen molar-refractivity contribution in [2.45, 2.75) is 39.2 Å². The van der Waals surface area contributed by atoms with Gasteiger partial charge in [0, 0.05) is 52.1 Å². The molecule has 2 N–H and O–H groups in total. The zero-order valence-electron chi connectivity index (χ0n) is 18.2. The van der Waals surface area contributed by atoms with Gasteiger partial charge in [0.25, 0.3) is 0 Å². The van der Waals surface area contributed by atoms with Crippen LogP contribution >= 0.6 is 0 Å². The van der Waals surface area contributed by atoms with E-state index in [9.17, 15) is 9.59 Å². The molecule has 0 aromatic heterocycles. The van der Waals surface area contributed by atoms with Gasteiger partial charge in [-0.05, 0) is 30.9 Å². The summed E-state index contributed by atoms with van der Waals surface area (Å²) in [6, 6.07) is 7.76. The minimum absolute atomic E-state index is 0.0161. The van der Waals surface area contributed by atoms with Gasteiger partial charge in [0.15, 0.2) is 0 Å². The van der Waals surface area contributed by atoms with Gasteiger partial charge in [-0.15, -0.1) is 0 Å². The van der Waals surface area contributed by atoms with Crippen molar-refractivity contribution in [1.29, 1.82) is 0 Å². The molecule has 1 saturated heterocycles. The van der Waals surface area contributed by atoms with Crippen molar-refractivity contribution < 1.29 is 14.3 Å². The Hall–Kier alpha value is -1.96. The van der Waals surface area contributed by atoms with Crippen LogP contribution < -0.4 is 10.6 Å². The van der Waals surface area contributed by atoms with Crippen LogP contribution in [0.15, 0.2) is 24.3 Å². The van der Waals surface area contributed by atoms with E-state index in [0.29, 0.717) is 25.6 Å². The molecule has 7 heteroatoms. The Kier molecular flexibility index (Phi) is 9.57. The lowest BCUT2D eigenvalue weighted by atomic mass is 10.0. The molecule has 0 spiro atoms. The Labute approximate surface area is 174 Å². The van der Waals surface area contributed by atoms with Crippen LogP contribution in [0.25, 0.3) is 0 Å². The van der Waals surface area contributed by atoms with Crippen molar-refractivity contribution in [2.24, 2.45) is 0 Å². The van der Waals surface area contributed by atoms with Gasteiger partial charge in [-0.3, -0.25) is 19.4 Å². The van der Waals surface area contributed by atoms with Gasteiger partial charge in [0.2, 0.25) is 11.8 Å². The quantitative estimate of drug-likeness (QED) is 0.583. The first kappa shape index (κ1) is 23.3. The zero-order chi connectivity index (χ0) is 21.2. The number of benzene rings is 1. The first-order chi connectivity index (χ1) is 13.9. The summed E-state index contributed by atoms with van der Waals surface area (Å²) >= 11 is 0. The molecular formula is C22H36N4O3. The third-order valence-corrected chi connectivity index (χ3v) is 5.39. The molecule has 1 aromatic carbocycles. The highest BCUT2D eigenvalue weighted by atomic mass is 16.5. The molecule has 162 valence electrons. The molecule has 1 fully saturated rings. The molecule has 7 nitrogen and oxygen atoms in total. The molecule has 1 aliphatic heterocycles. The van der Waals surface area contributed by atoms with E-state index in [1.54, 1.807) is 7.11 Å². The number of ether oxygens (including phenoxy) is 1. The second-order valence-corrected chi connectivity index (χ2v) is 7.92. The fraction of sp³-hybridized carbons (Fsp3) is 0.636. The van der Waals surface area contributed by atoms with E-state index in [1.165, 1.54) is 0 Å². The lowest BCUT2D eigenvalue weighted by molar-refractivity contribution is -0.124. The molecule has 1 aliphatic rings. The first-order valence-corrected chi connectivity index (χ1v) is 10.5. The summed E-state index contributed by atoms with van der Waals surface area (Å²) in [7, 11) is 1.66. The highest BCUT2D eigenvalue weighted by molar-refractivity contribution is 5.95. The average Bonchev–Trinajstić information content (AvgIpc) is 2.71. The number of nitrogens with one attached hydrogen (secondary N) is 2. The highest BCUT2D eigenvalue weighted by Crippen LogP contribution is 2.24. The molecular weight excluding hydrogens is 368 g/mol. The number of piperazine rings is 1. The van der Waals surface area contributed by atoms with Crippen molar-refractivity contribution in [3.05, 3.63) is 29.8 Å². The highest BCUT2D eigenvalue weighted by Gasteiger charge is 2.26. The predicted octanol–water partition coefficient (Wildman–Crippen LogP) is 1.91. The average molecular weight is 405 g/mol. The maximum atomic E-state index is 12.8. The van der Waals surface area contributed by atoms with Crippen LogP contribution in [0.1, 0.15) is 38.7 Å². The second-order valence-electron chi connectivity index (χ2n) is 7.92. The Morgan fingerprint density at radius 2 is 1.79 bits per heavy atom. The van der Waals surface area contributed by atoms with Gasteiger partial charge in [-0.2, -0.15) is 0 Å². The molecule has 2 rings (SSSR count). The molecule has 0 bridgehead atoms. The SMILES string of the molecule is COCCCNC(=O)CN1CCN(C(C)C(=O)Nc2ccccc2C(C)C)CC1.